The van der Waals surface area contributed by atoms with E-state index in [9.17, 15) is 4.79 Å². The fraction of sp³-hybridized carbons (Fsp3) is 0.391. The zero-order valence-corrected chi connectivity index (χ0v) is 17.8. The van der Waals surface area contributed by atoms with Gasteiger partial charge in [-0.05, 0) is 29.2 Å². The Labute approximate surface area is 176 Å². The Balaban J connectivity index is 1.34. The molecule has 0 bridgehead atoms. The van der Waals surface area contributed by atoms with Crippen LogP contribution in [0.4, 0.5) is 0 Å². The van der Waals surface area contributed by atoms with Crippen molar-refractivity contribution in [1.82, 2.24) is 19.2 Å². The standard InChI is InChI=1S/C23H27ClN4O/c1-17(2)19-5-3-18(4-6-19)14-26-9-11-27(12-10-26)16-21-13-23(29)28-15-20(24)7-8-22(28)25-21/h3-8,13,15,17H,9-12,14,16H2,1-2H3. The maximum absolute atomic E-state index is 12.4. The van der Waals surface area contributed by atoms with Crippen molar-refractivity contribution in [2.24, 2.45) is 0 Å². The minimum atomic E-state index is -0.0871. The smallest absolute Gasteiger partial charge is 0.258 e. The van der Waals surface area contributed by atoms with E-state index in [1.54, 1.807) is 24.4 Å². The second kappa shape index (κ2) is 8.66. The highest BCUT2D eigenvalue weighted by atomic mass is 35.5. The molecule has 29 heavy (non-hydrogen) atoms. The van der Waals surface area contributed by atoms with Gasteiger partial charge in [-0.25, -0.2) is 4.98 Å². The summed E-state index contributed by atoms with van der Waals surface area (Å²) in [4.78, 5) is 21.8. The molecule has 1 aromatic carbocycles. The fourth-order valence-electron chi connectivity index (χ4n) is 3.81. The lowest BCUT2D eigenvalue weighted by Crippen LogP contribution is -2.45. The first-order chi connectivity index (χ1) is 14.0. The van der Waals surface area contributed by atoms with E-state index in [0.29, 0.717) is 23.1 Å². The van der Waals surface area contributed by atoms with Crippen LogP contribution in [0.5, 0.6) is 0 Å². The number of rotatable bonds is 5. The molecule has 0 atom stereocenters. The average Bonchev–Trinajstić information content (AvgIpc) is 2.70. The summed E-state index contributed by atoms with van der Waals surface area (Å²) in [6.45, 7) is 10.1. The third-order valence-electron chi connectivity index (χ3n) is 5.58. The Hall–Kier alpha value is -2.21. The molecule has 1 saturated heterocycles. The lowest BCUT2D eigenvalue weighted by molar-refractivity contribution is 0.121. The molecule has 152 valence electrons. The second-order valence-corrected chi connectivity index (χ2v) is 8.55. The molecule has 0 radical (unpaired) electrons. The van der Waals surface area contributed by atoms with Gasteiger partial charge in [0.1, 0.15) is 5.65 Å². The van der Waals surface area contributed by atoms with Crippen molar-refractivity contribution in [3.05, 3.63) is 80.9 Å². The van der Waals surface area contributed by atoms with Crippen LogP contribution in [-0.4, -0.2) is 45.4 Å². The molecule has 0 amide bonds. The Morgan fingerprint density at radius 2 is 1.62 bits per heavy atom. The van der Waals surface area contributed by atoms with Gasteiger partial charge < -0.3 is 0 Å². The number of fused-ring (bicyclic) bond motifs is 1. The van der Waals surface area contributed by atoms with E-state index in [1.807, 2.05) is 0 Å². The molecular formula is C23H27ClN4O. The summed E-state index contributed by atoms with van der Waals surface area (Å²) >= 11 is 5.98. The first-order valence-electron chi connectivity index (χ1n) is 10.2. The van der Waals surface area contributed by atoms with Gasteiger partial charge in [-0.2, -0.15) is 0 Å². The molecular weight excluding hydrogens is 384 g/mol. The van der Waals surface area contributed by atoms with E-state index < -0.39 is 0 Å². The number of hydrogen-bond donors (Lipinski definition) is 0. The van der Waals surface area contributed by atoms with E-state index >= 15 is 0 Å². The Morgan fingerprint density at radius 1 is 0.966 bits per heavy atom. The van der Waals surface area contributed by atoms with Crippen molar-refractivity contribution in [1.29, 1.82) is 0 Å². The fourth-order valence-corrected chi connectivity index (χ4v) is 3.97. The SMILES string of the molecule is CC(C)c1ccc(CN2CCN(Cc3cc(=O)n4cc(Cl)ccc4n3)CC2)cc1. The first kappa shape index (κ1) is 20.1. The van der Waals surface area contributed by atoms with Crippen molar-refractivity contribution >= 4 is 17.2 Å². The summed E-state index contributed by atoms with van der Waals surface area (Å²) < 4.78 is 1.49. The van der Waals surface area contributed by atoms with Crippen LogP contribution < -0.4 is 5.56 Å². The third kappa shape index (κ3) is 4.86. The van der Waals surface area contributed by atoms with Crippen LogP contribution in [0.25, 0.3) is 5.65 Å². The highest BCUT2D eigenvalue weighted by Crippen LogP contribution is 2.17. The lowest BCUT2D eigenvalue weighted by atomic mass is 10.0. The monoisotopic (exact) mass is 410 g/mol. The number of halogens is 1. The summed E-state index contributed by atoms with van der Waals surface area (Å²) in [5.41, 5.74) is 4.12. The lowest BCUT2D eigenvalue weighted by Gasteiger charge is -2.34. The number of piperazine rings is 1. The molecule has 0 unspecified atom stereocenters. The molecule has 4 rings (SSSR count). The van der Waals surface area contributed by atoms with Gasteiger partial charge in [0.25, 0.3) is 5.56 Å². The van der Waals surface area contributed by atoms with E-state index in [2.05, 4.69) is 52.9 Å². The molecule has 1 aliphatic heterocycles. The summed E-state index contributed by atoms with van der Waals surface area (Å²) in [5.74, 6) is 0.571. The molecule has 0 aliphatic carbocycles. The van der Waals surface area contributed by atoms with Crippen molar-refractivity contribution in [2.45, 2.75) is 32.9 Å². The van der Waals surface area contributed by atoms with Crippen LogP contribution in [0.3, 0.4) is 0 Å². The van der Waals surface area contributed by atoms with Gasteiger partial charge in [-0.15, -0.1) is 0 Å². The number of hydrogen-bond acceptors (Lipinski definition) is 4. The maximum Gasteiger partial charge on any atom is 0.258 e. The Morgan fingerprint density at radius 3 is 2.28 bits per heavy atom. The van der Waals surface area contributed by atoms with Crippen LogP contribution in [0.1, 0.15) is 36.6 Å². The molecule has 0 spiro atoms. The van der Waals surface area contributed by atoms with Gasteiger partial charge in [-0.1, -0.05) is 49.7 Å². The first-order valence-corrected chi connectivity index (χ1v) is 10.6. The number of aromatic nitrogens is 2. The number of nitrogens with zero attached hydrogens (tertiary/aromatic N) is 4. The van der Waals surface area contributed by atoms with Gasteiger partial charge in [0, 0.05) is 51.5 Å². The van der Waals surface area contributed by atoms with E-state index in [4.69, 9.17) is 11.6 Å². The summed E-state index contributed by atoms with van der Waals surface area (Å²) in [6.07, 6.45) is 1.61. The largest absolute Gasteiger partial charge is 0.297 e. The normalized spacial score (nSPS) is 16.0. The van der Waals surface area contributed by atoms with E-state index in [-0.39, 0.29) is 5.56 Å². The Bertz CT molecular complexity index is 1040. The van der Waals surface area contributed by atoms with Gasteiger partial charge in [0.2, 0.25) is 0 Å². The van der Waals surface area contributed by atoms with Crippen molar-refractivity contribution in [3.8, 4) is 0 Å². The minimum absolute atomic E-state index is 0.0871. The molecule has 1 fully saturated rings. The summed E-state index contributed by atoms with van der Waals surface area (Å²) in [5, 5.41) is 0.532. The van der Waals surface area contributed by atoms with Crippen LogP contribution in [0, 0.1) is 0 Å². The van der Waals surface area contributed by atoms with Gasteiger partial charge in [0.05, 0.1) is 10.7 Å². The van der Waals surface area contributed by atoms with E-state index in [1.165, 1.54) is 15.5 Å². The van der Waals surface area contributed by atoms with Crippen LogP contribution in [-0.2, 0) is 13.1 Å². The number of benzene rings is 1. The van der Waals surface area contributed by atoms with Gasteiger partial charge in [-0.3, -0.25) is 19.0 Å². The van der Waals surface area contributed by atoms with Crippen LogP contribution in [0.2, 0.25) is 5.02 Å². The summed E-state index contributed by atoms with van der Waals surface area (Å²) in [6, 6.07) is 14.2. The molecule has 0 N–H and O–H groups in total. The predicted molar refractivity (Wildman–Crippen MR) is 118 cm³/mol. The second-order valence-electron chi connectivity index (χ2n) is 8.11. The Kier molecular flexibility index (Phi) is 5.99. The molecule has 1 aliphatic rings. The maximum atomic E-state index is 12.4. The highest BCUT2D eigenvalue weighted by molar-refractivity contribution is 6.30. The van der Waals surface area contributed by atoms with Gasteiger partial charge in [0.15, 0.2) is 0 Å². The van der Waals surface area contributed by atoms with Gasteiger partial charge >= 0.3 is 0 Å². The predicted octanol–water partition coefficient (Wildman–Crippen LogP) is 3.79. The average molecular weight is 411 g/mol. The van der Waals surface area contributed by atoms with Crippen molar-refractivity contribution < 1.29 is 0 Å². The molecule has 0 saturated carbocycles. The van der Waals surface area contributed by atoms with E-state index in [0.717, 1.165) is 38.4 Å². The van der Waals surface area contributed by atoms with Crippen LogP contribution in [0.15, 0.2) is 53.5 Å². The molecule has 6 heteroatoms. The van der Waals surface area contributed by atoms with Crippen LogP contribution >= 0.6 is 11.6 Å². The molecule has 3 heterocycles. The quantitative estimate of drug-likeness (QED) is 0.641. The zero-order valence-electron chi connectivity index (χ0n) is 17.0. The molecule has 3 aromatic rings. The molecule has 5 nitrogen and oxygen atoms in total. The van der Waals surface area contributed by atoms with Crippen molar-refractivity contribution in [2.75, 3.05) is 26.2 Å². The topological polar surface area (TPSA) is 40.9 Å². The third-order valence-corrected chi connectivity index (χ3v) is 5.80. The highest BCUT2D eigenvalue weighted by Gasteiger charge is 2.18. The zero-order chi connectivity index (χ0) is 20.4. The minimum Gasteiger partial charge on any atom is -0.297 e. The summed E-state index contributed by atoms with van der Waals surface area (Å²) in [7, 11) is 0. The molecule has 2 aromatic heterocycles. The van der Waals surface area contributed by atoms with Crippen molar-refractivity contribution in [3.63, 3.8) is 0 Å². The number of pyridine rings is 1.